The number of nitrogens with one attached hydrogen (secondary N) is 1. The lowest BCUT2D eigenvalue weighted by molar-refractivity contribution is -0.141. The van der Waals surface area contributed by atoms with Gasteiger partial charge in [0.1, 0.15) is 6.61 Å². The van der Waals surface area contributed by atoms with Crippen LogP contribution in [0.2, 0.25) is 0 Å². The van der Waals surface area contributed by atoms with Gasteiger partial charge in [-0.15, -0.1) is 0 Å². The molecule has 1 amide bonds. The van der Waals surface area contributed by atoms with E-state index < -0.39 is 0 Å². The molecule has 4 nitrogen and oxygen atoms in total. The van der Waals surface area contributed by atoms with E-state index in [1.165, 1.54) is 6.92 Å². The number of rotatable bonds is 5. The molecule has 0 unspecified atom stereocenters. The minimum atomic E-state index is -0.338. The first-order chi connectivity index (χ1) is 8.50. The van der Waals surface area contributed by atoms with Crippen LogP contribution in [-0.2, 0) is 9.53 Å². The largest absolute Gasteiger partial charge is 0.464 e. The Kier molecular flexibility index (Phi) is 5.36. The van der Waals surface area contributed by atoms with E-state index in [-0.39, 0.29) is 30.4 Å². The second-order valence-corrected chi connectivity index (χ2v) is 4.49. The van der Waals surface area contributed by atoms with E-state index >= 15 is 0 Å². The second-order valence-electron chi connectivity index (χ2n) is 4.49. The summed E-state index contributed by atoms with van der Waals surface area (Å²) in [5.74, 6) is -0.298. The zero-order valence-corrected chi connectivity index (χ0v) is 11.0. The summed E-state index contributed by atoms with van der Waals surface area (Å²) < 4.78 is 4.95. The smallest absolute Gasteiger partial charge is 0.302 e. The van der Waals surface area contributed by atoms with Crippen LogP contribution in [0, 0.1) is 5.92 Å². The molecule has 4 heteroatoms. The van der Waals surface area contributed by atoms with Gasteiger partial charge in [0.05, 0.1) is 6.04 Å². The Morgan fingerprint density at radius 3 is 2.33 bits per heavy atom. The third-order valence-corrected chi connectivity index (χ3v) is 2.62. The number of amides is 1. The lowest BCUT2D eigenvalue weighted by Crippen LogP contribution is -2.42. The van der Waals surface area contributed by atoms with Crippen molar-refractivity contribution in [3.8, 4) is 0 Å². The molecule has 0 bridgehead atoms. The Morgan fingerprint density at radius 1 is 1.22 bits per heavy atom. The van der Waals surface area contributed by atoms with Gasteiger partial charge in [0.2, 0.25) is 0 Å². The fourth-order valence-corrected chi connectivity index (χ4v) is 1.45. The fraction of sp³-hybridized carbons (Fsp3) is 0.429. The van der Waals surface area contributed by atoms with Gasteiger partial charge in [-0.05, 0) is 18.1 Å². The summed E-state index contributed by atoms with van der Waals surface area (Å²) in [5.41, 5.74) is 0.603. The number of hydrogen-bond acceptors (Lipinski definition) is 3. The highest BCUT2D eigenvalue weighted by Gasteiger charge is 2.18. The van der Waals surface area contributed by atoms with Crippen molar-refractivity contribution in [1.82, 2.24) is 5.32 Å². The molecule has 0 spiro atoms. The Morgan fingerprint density at radius 2 is 1.83 bits per heavy atom. The molecule has 18 heavy (non-hydrogen) atoms. The van der Waals surface area contributed by atoms with Crippen LogP contribution in [0.25, 0.3) is 0 Å². The molecule has 1 rings (SSSR count). The van der Waals surface area contributed by atoms with Crippen LogP contribution in [0.5, 0.6) is 0 Å². The first-order valence-corrected chi connectivity index (χ1v) is 6.00. The first kappa shape index (κ1) is 14.2. The summed E-state index contributed by atoms with van der Waals surface area (Å²) >= 11 is 0. The lowest BCUT2D eigenvalue weighted by atomic mass is 10.0. The summed E-state index contributed by atoms with van der Waals surface area (Å²) in [5, 5.41) is 2.87. The molecule has 0 radical (unpaired) electrons. The van der Waals surface area contributed by atoms with Crippen LogP contribution in [0.4, 0.5) is 0 Å². The maximum Gasteiger partial charge on any atom is 0.302 e. The van der Waals surface area contributed by atoms with Gasteiger partial charge in [-0.1, -0.05) is 32.0 Å². The number of carbonyl (C=O) groups is 2. The van der Waals surface area contributed by atoms with Gasteiger partial charge >= 0.3 is 5.97 Å². The van der Waals surface area contributed by atoms with Crippen molar-refractivity contribution < 1.29 is 14.3 Å². The zero-order chi connectivity index (χ0) is 13.5. The number of carbonyl (C=O) groups excluding carboxylic acids is 2. The molecule has 1 aromatic carbocycles. The van der Waals surface area contributed by atoms with E-state index in [4.69, 9.17) is 4.74 Å². The van der Waals surface area contributed by atoms with Crippen LogP contribution < -0.4 is 5.32 Å². The molecular weight excluding hydrogens is 230 g/mol. The molecule has 1 aromatic rings. The minimum Gasteiger partial charge on any atom is -0.464 e. The first-order valence-electron chi connectivity index (χ1n) is 6.00. The number of hydrogen-bond donors (Lipinski definition) is 1. The van der Waals surface area contributed by atoms with E-state index in [0.29, 0.717) is 5.56 Å². The van der Waals surface area contributed by atoms with Crippen LogP contribution in [0.15, 0.2) is 30.3 Å². The van der Waals surface area contributed by atoms with Gasteiger partial charge in [0.15, 0.2) is 0 Å². The molecule has 0 aliphatic carbocycles. The molecule has 0 heterocycles. The molecule has 0 fully saturated rings. The topological polar surface area (TPSA) is 55.4 Å². The SMILES string of the molecule is CC(=O)OC[C@@H](NC(=O)c1ccccc1)C(C)C. The minimum absolute atomic E-state index is 0.151. The summed E-state index contributed by atoms with van der Waals surface area (Å²) in [7, 11) is 0. The molecule has 1 N–H and O–H groups in total. The molecule has 0 aliphatic rings. The van der Waals surface area contributed by atoms with Gasteiger partial charge in [-0.2, -0.15) is 0 Å². The van der Waals surface area contributed by atoms with Crippen LogP contribution in [0.3, 0.4) is 0 Å². The Balaban J connectivity index is 2.61. The predicted molar refractivity (Wildman–Crippen MR) is 69.2 cm³/mol. The molecule has 0 aromatic heterocycles. The highest BCUT2D eigenvalue weighted by atomic mass is 16.5. The third-order valence-electron chi connectivity index (χ3n) is 2.62. The van der Waals surface area contributed by atoms with Crippen LogP contribution in [-0.4, -0.2) is 24.5 Å². The highest BCUT2D eigenvalue weighted by molar-refractivity contribution is 5.94. The van der Waals surface area contributed by atoms with Crippen LogP contribution >= 0.6 is 0 Å². The van der Waals surface area contributed by atoms with Gasteiger partial charge in [0.25, 0.3) is 5.91 Å². The zero-order valence-electron chi connectivity index (χ0n) is 11.0. The van der Waals surface area contributed by atoms with Gasteiger partial charge < -0.3 is 10.1 Å². The molecule has 0 saturated heterocycles. The molecular formula is C14H19NO3. The van der Waals surface area contributed by atoms with E-state index in [0.717, 1.165) is 0 Å². The quantitative estimate of drug-likeness (QED) is 0.812. The van der Waals surface area contributed by atoms with Crippen molar-refractivity contribution in [2.75, 3.05) is 6.61 Å². The number of benzene rings is 1. The van der Waals surface area contributed by atoms with Crippen molar-refractivity contribution in [2.45, 2.75) is 26.8 Å². The van der Waals surface area contributed by atoms with E-state index in [9.17, 15) is 9.59 Å². The lowest BCUT2D eigenvalue weighted by Gasteiger charge is -2.21. The summed E-state index contributed by atoms with van der Waals surface area (Å²) in [6.07, 6.45) is 0. The van der Waals surface area contributed by atoms with Crippen molar-refractivity contribution in [3.63, 3.8) is 0 Å². The standard InChI is InChI=1S/C14H19NO3/c1-10(2)13(9-18-11(3)16)15-14(17)12-7-5-4-6-8-12/h4-8,10,13H,9H2,1-3H3,(H,15,17)/t13-/m1/s1. The van der Waals surface area contributed by atoms with Crippen molar-refractivity contribution in [3.05, 3.63) is 35.9 Å². The van der Waals surface area contributed by atoms with Crippen molar-refractivity contribution in [1.29, 1.82) is 0 Å². The monoisotopic (exact) mass is 249 g/mol. The normalized spacial score (nSPS) is 12.0. The van der Waals surface area contributed by atoms with Crippen molar-refractivity contribution in [2.24, 2.45) is 5.92 Å². The van der Waals surface area contributed by atoms with Crippen molar-refractivity contribution >= 4 is 11.9 Å². The molecule has 1 atom stereocenters. The van der Waals surface area contributed by atoms with E-state index in [1.807, 2.05) is 32.0 Å². The number of ether oxygens (including phenoxy) is 1. The summed E-state index contributed by atoms with van der Waals surface area (Å²) in [4.78, 5) is 22.7. The predicted octanol–water partition coefficient (Wildman–Crippen LogP) is 2.00. The van der Waals surface area contributed by atoms with E-state index in [2.05, 4.69) is 5.32 Å². The maximum atomic E-state index is 12.0. The average Bonchev–Trinajstić information content (AvgIpc) is 2.34. The van der Waals surface area contributed by atoms with Gasteiger partial charge in [-0.25, -0.2) is 0 Å². The number of esters is 1. The maximum absolute atomic E-state index is 12.0. The van der Waals surface area contributed by atoms with Crippen LogP contribution in [0.1, 0.15) is 31.1 Å². The third kappa shape index (κ3) is 4.57. The highest BCUT2D eigenvalue weighted by Crippen LogP contribution is 2.05. The molecule has 0 saturated carbocycles. The van der Waals surface area contributed by atoms with E-state index in [1.54, 1.807) is 12.1 Å². The Hall–Kier alpha value is -1.84. The van der Waals surface area contributed by atoms with Gasteiger partial charge in [0, 0.05) is 12.5 Å². The molecule has 98 valence electrons. The summed E-state index contributed by atoms with van der Waals surface area (Å²) in [6.45, 7) is 5.50. The Labute approximate surface area is 107 Å². The van der Waals surface area contributed by atoms with Gasteiger partial charge in [-0.3, -0.25) is 9.59 Å². The molecule has 0 aliphatic heterocycles. The second kappa shape index (κ2) is 6.79. The Bertz CT molecular complexity index is 401. The average molecular weight is 249 g/mol. The fourth-order valence-electron chi connectivity index (χ4n) is 1.45. The summed E-state index contributed by atoms with van der Waals surface area (Å²) in [6, 6.07) is 8.80.